The standard InChI is InChI=1S/C20H23NO3/c1-5-15-9-6-8-14(2)20(15)21-19(22)13-12-16-17(23-3)10-7-11-18(16)24-4/h6-13H,5H2,1-4H3,(H,21,22)/b13-12+. The average Bonchev–Trinajstić information content (AvgIpc) is 2.61. The molecule has 2 aromatic rings. The molecule has 0 heterocycles. The topological polar surface area (TPSA) is 47.6 Å². The van der Waals surface area contributed by atoms with Crippen LogP contribution in [-0.4, -0.2) is 20.1 Å². The van der Waals surface area contributed by atoms with Gasteiger partial charge in [-0.05, 0) is 42.7 Å². The molecule has 0 atom stereocenters. The van der Waals surface area contributed by atoms with Crippen molar-refractivity contribution in [3.63, 3.8) is 0 Å². The van der Waals surface area contributed by atoms with Gasteiger partial charge in [0.25, 0.3) is 0 Å². The van der Waals surface area contributed by atoms with Crippen molar-refractivity contribution in [1.82, 2.24) is 0 Å². The zero-order valence-electron chi connectivity index (χ0n) is 14.6. The Hall–Kier alpha value is -2.75. The van der Waals surface area contributed by atoms with E-state index < -0.39 is 0 Å². The van der Waals surface area contributed by atoms with Crippen LogP contribution in [0.2, 0.25) is 0 Å². The summed E-state index contributed by atoms with van der Waals surface area (Å²) in [6, 6.07) is 11.5. The van der Waals surface area contributed by atoms with Crippen LogP contribution in [0.15, 0.2) is 42.5 Å². The number of benzene rings is 2. The van der Waals surface area contributed by atoms with Crippen LogP contribution >= 0.6 is 0 Å². The molecular formula is C20H23NO3. The fraction of sp³-hybridized carbons (Fsp3) is 0.250. The molecule has 0 aromatic heterocycles. The predicted octanol–water partition coefficient (Wildman–Crippen LogP) is 4.23. The number of nitrogens with one attached hydrogen (secondary N) is 1. The predicted molar refractivity (Wildman–Crippen MR) is 97.8 cm³/mol. The highest BCUT2D eigenvalue weighted by Gasteiger charge is 2.09. The van der Waals surface area contributed by atoms with Crippen LogP contribution in [0.4, 0.5) is 5.69 Å². The molecule has 1 amide bonds. The molecule has 24 heavy (non-hydrogen) atoms. The van der Waals surface area contributed by atoms with Gasteiger partial charge in [-0.15, -0.1) is 0 Å². The van der Waals surface area contributed by atoms with Gasteiger partial charge in [-0.2, -0.15) is 0 Å². The Morgan fingerprint density at radius 3 is 2.29 bits per heavy atom. The van der Waals surface area contributed by atoms with E-state index in [2.05, 4.69) is 12.2 Å². The first-order valence-electron chi connectivity index (χ1n) is 7.89. The minimum Gasteiger partial charge on any atom is -0.496 e. The van der Waals surface area contributed by atoms with Crippen molar-refractivity contribution >= 4 is 17.7 Å². The van der Waals surface area contributed by atoms with Crippen molar-refractivity contribution in [3.8, 4) is 11.5 Å². The lowest BCUT2D eigenvalue weighted by molar-refractivity contribution is -0.111. The number of hydrogen-bond acceptors (Lipinski definition) is 3. The lowest BCUT2D eigenvalue weighted by Crippen LogP contribution is -2.11. The molecule has 4 heteroatoms. The van der Waals surface area contributed by atoms with E-state index in [1.807, 2.05) is 43.3 Å². The fourth-order valence-corrected chi connectivity index (χ4v) is 2.57. The molecule has 0 aliphatic rings. The van der Waals surface area contributed by atoms with Crippen molar-refractivity contribution in [2.24, 2.45) is 0 Å². The second-order valence-corrected chi connectivity index (χ2v) is 5.36. The molecule has 0 radical (unpaired) electrons. The molecule has 2 rings (SSSR count). The molecule has 1 N–H and O–H groups in total. The van der Waals surface area contributed by atoms with E-state index in [9.17, 15) is 4.79 Å². The number of rotatable bonds is 6. The highest BCUT2D eigenvalue weighted by atomic mass is 16.5. The first kappa shape index (κ1) is 17.6. The molecule has 0 fully saturated rings. The summed E-state index contributed by atoms with van der Waals surface area (Å²) in [5.74, 6) is 1.12. The molecule has 0 bridgehead atoms. The number of aryl methyl sites for hydroxylation is 2. The van der Waals surface area contributed by atoms with Crippen molar-refractivity contribution in [2.45, 2.75) is 20.3 Å². The summed E-state index contributed by atoms with van der Waals surface area (Å²) >= 11 is 0. The Balaban J connectivity index is 2.24. The SMILES string of the molecule is CCc1cccc(C)c1NC(=O)/C=C/c1c(OC)cccc1OC. The Morgan fingerprint density at radius 1 is 1.08 bits per heavy atom. The van der Waals surface area contributed by atoms with Gasteiger partial charge in [0, 0.05) is 11.8 Å². The summed E-state index contributed by atoms with van der Waals surface area (Å²) in [5.41, 5.74) is 3.78. The maximum Gasteiger partial charge on any atom is 0.248 e. The van der Waals surface area contributed by atoms with Gasteiger partial charge in [-0.25, -0.2) is 0 Å². The second kappa shape index (κ2) is 8.20. The van der Waals surface area contributed by atoms with Crippen molar-refractivity contribution in [2.75, 3.05) is 19.5 Å². The number of amides is 1. The van der Waals surface area contributed by atoms with Gasteiger partial charge in [-0.3, -0.25) is 4.79 Å². The van der Waals surface area contributed by atoms with Gasteiger partial charge in [0.15, 0.2) is 0 Å². The summed E-state index contributed by atoms with van der Waals surface area (Å²) < 4.78 is 10.7. The summed E-state index contributed by atoms with van der Waals surface area (Å²) in [6.07, 6.45) is 4.06. The van der Waals surface area contributed by atoms with E-state index in [0.717, 1.165) is 28.8 Å². The van der Waals surface area contributed by atoms with Crippen molar-refractivity contribution in [1.29, 1.82) is 0 Å². The zero-order chi connectivity index (χ0) is 17.5. The van der Waals surface area contributed by atoms with Crippen molar-refractivity contribution in [3.05, 3.63) is 59.2 Å². The molecule has 0 aliphatic carbocycles. The monoisotopic (exact) mass is 325 g/mol. The van der Waals surface area contributed by atoms with E-state index in [4.69, 9.17) is 9.47 Å². The van der Waals surface area contributed by atoms with E-state index in [1.165, 1.54) is 6.08 Å². The fourth-order valence-electron chi connectivity index (χ4n) is 2.57. The zero-order valence-corrected chi connectivity index (χ0v) is 14.6. The maximum atomic E-state index is 12.3. The van der Waals surface area contributed by atoms with E-state index >= 15 is 0 Å². The third-order valence-corrected chi connectivity index (χ3v) is 3.86. The lowest BCUT2D eigenvalue weighted by atomic mass is 10.1. The molecule has 4 nitrogen and oxygen atoms in total. The van der Waals surface area contributed by atoms with Gasteiger partial charge in [0.05, 0.1) is 19.8 Å². The molecule has 0 spiro atoms. The highest BCUT2D eigenvalue weighted by Crippen LogP contribution is 2.29. The van der Waals surface area contributed by atoms with Crippen LogP contribution in [0, 0.1) is 6.92 Å². The minimum absolute atomic E-state index is 0.188. The Kier molecular flexibility index (Phi) is 6.01. The normalized spacial score (nSPS) is 10.7. The lowest BCUT2D eigenvalue weighted by Gasteiger charge is -2.12. The first-order valence-corrected chi connectivity index (χ1v) is 7.89. The van der Waals surface area contributed by atoms with Gasteiger partial charge < -0.3 is 14.8 Å². The van der Waals surface area contributed by atoms with Gasteiger partial charge in [-0.1, -0.05) is 31.2 Å². The molecule has 0 saturated heterocycles. The summed E-state index contributed by atoms with van der Waals surface area (Å²) in [7, 11) is 3.18. The molecule has 126 valence electrons. The van der Waals surface area contributed by atoms with Gasteiger partial charge in [0.2, 0.25) is 5.91 Å². The van der Waals surface area contributed by atoms with Crippen LogP contribution in [0.1, 0.15) is 23.6 Å². The van der Waals surface area contributed by atoms with Crippen LogP contribution < -0.4 is 14.8 Å². The second-order valence-electron chi connectivity index (χ2n) is 5.36. The van der Waals surface area contributed by atoms with Crippen molar-refractivity contribution < 1.29 is 14.3 Å². The molecule has 0 unspecified atom stereocenters. The largest absolute Gasteiger partial charge is 0.496 e. The first-order chi connectivity index (χ1) is 11.6. The number of ether oxygens (including phenoxy) is 2. The van der Waals surface area contributed by atoms with E-state index in [0.29, 0.717) is 11.5 Å². The summed E-state index contributed by atoms with van der Waals surface area (Å²) in [4.78, 5) is 12.3. The quantitative estimate of drug-likeness (QED) is 0.809. The molecule has 0 aliphatic heterocycles. The Bertz CT molecular complexity index is 728. The minimum atomic E-state index is -0.188. The molecule has 2 aromatic carbocycles. The highest BCUT2D eigenvalue weighted by molar-refractivity contribution is 6.03. The van der Waals surface area contributed by atoms with Crippen LogP contribution in [0.5, 0.6) is 11.5 Å². The van der Waals surface area contributed by atoms with Gasteiger partial charge >= 0.3 is 0 Å². The molecular weight excluding hydrogens is 302 g/mol. The number of methoxy groups -OCH3 is 2. The van der Waals surface area contributed by atoms with Crippen LogP contribution in [0.3, 0.4) is 0 Å². The van der Waals surface area contributed by atoms with E-state index in [-0.39, 0.29) is 5.91 Å². The summed E-state index contributed by atoms with van der Waals surface area (Å²) in [6.45, 7) is 4.06. The van der Waals surface area contributed by atoms with E-state index in [1.54, 1.807) is 20.3 Å². The Morgan fingerprint density at radius 2 is 1.71 bits per heavy atom. The van der Waals surface area contributed by atoms with Gasteiger partial charge in [0.1, 0.15) is 11.5 Å². The average molecular weight is 325 g/mol. The number of carbonyl (C=O) groups excluding carboxylic acids is 1. The third kappa shape index (κ3) is 3.96. The number of para-hydroxylation sites is 1. The number of anilines is 1. The van der Waals surface area contributed by atoms with Crippen LogP contribution in [0.25, 0.3) is 6.08 Å². The smallest absolute Gasteiger partial charge is 0.248 e. The maximum absolute atomic E-state index is 12.3. The molecule has 0 saturated carbocycles. The number of carbonyl (C=O) groups is 1. The van der Waals surface area contributed by atoms with Crippen LogP contribution in [-0.2, 0) is 11.2 Å². The summed E-state index contributed by atoms with van der Waals surface area (Å²) in [5, 5.41) is 2.97. The third-order valence-electron chi connectivity index (χ3n) is 3.86. The number of hydrogen-bond donors (Lipinski definition) is 1. The Labute approximate surface area is 143 Å².